The van der Waals surface area contributed by atoms with E-state index in [9.17, 15) is 24.3 Å². The molecule has 1 heterocycles. The molecule has 1 fully saturated rings. The molecule has 0 radical (unpaired) electrons. The first-order valence-corrected chi connectivity index (χ1v) is 6.21. The Morgan fingerprint density at radius 2 is 1.32 bits per heavy atom. The molecule has 124 valence electrons. The van der Waals surface area contributed by atoms with Gasteiger partial charge in [-0.1, -0.05) is 0 Å². The van der Waals surface area contributed by atoms with E-state index in [0.717, 1.165) is 0 Å². The molecular formula is C11H16N2O9. The molecule has 0 aromatic heterocycles. The molecule has 0 atom stereocenters. The summed E-state index contributed by atoms with van der Waals surface area (Å²) in [5.41, 5.74) is 0. The van der Waals surface area contributed by atoms with Crippen LogP contribution in [0.25, 0.3) is 0 Å². The second-order valence-electron chi connectivity index (χ2n) is 4.50. The van der Waals surface area contributed by atoms with Crippen LogP contribution in [0.4, 0.5) is 0 Å². The lowest BCUT2D eigenvalue weighted by atomic mass is 10.4. The van der Waals surface area contributed by atoms with E-state index >= 15 is 0 Å². The number of rotatable bonds is 4. The molecule has 1 aliphatic rings. The van der Waals surface area contributed by atoms with E-state index in [1.165, 1.54) is 9.80 Å². The van der Waals surface area contributed by atoms with Crippen LogP contribution in [0.5, 0.6) is 0 Å². The third-order valence-corrected chi connectivity index (χ3v) is 2.62. The summed E-state index contributed by atoms with van der Waals surface area (Å²) in [6, 6.07) is 0. The molecule has 3 N–H and O–H groups in total. The average Bonchev–Trinajstić information content (AvgIpc) is 2.34. The fourth-order valence-electron chi connectivity index (χ4n) is 1.78. The lowest BCUT2D eigenvalue weighted by molar-refractivity contribution is -0.246. The molecule has 1 aliphatic heterocycles. The number of ether oxygens (including phenoxy) is 2. The van der Waals surface area contributed by atoms with Crippen LogP contribution in [-0.4, -0.2) is 94.7 Å². The topological polar surface area (TPSA) is 154 Å². The molecule has 11 nitrogen and oxygen atoms in total. The zero-order valence-corrected chi connectivity index (χ0v) is 11.5. The second-order valence-corrected chi connectivity index (χ2v) is 4.50. The molecule has 0 bridgehead atoms. The molecule has 22 heavy (non-hydrogen) atoms. The number of carbonyl (C=O) groups is 4. The van der Waals surface area contributed by atoms with E-state index < -0.39 is 56.5 Å². The molecular weight excluding hydrogens is 304 g/mol. The fraction of sp³-hybridized carbons (Fsp3) is 0.636. The first-order valence-electron chi connectivity index (χ1n) is 6.21. The van der Waals surface area contributed by atoms with Crippen molar-refractivity contribution in [1.29, 1.82) is 0 Å². The SMILES string of the molecule is O=C(O)CN1CCN(CC(=O)O)CC(=O)OC(O)OC(=O)C1. The highest BCUT2D eigenvalue weighted by Crippen LogP contribution is 2.01. The monoisotopic (exact) mass is 320 g/mol. The van der Waals surface area contributed by atoms with Crippen LogP contribution in [-0.2, 0) is 28.7 Å². The van der Waals surface area contributed by atoms with Crippen molar-refractivity contribution in [3.05, 3.63) is 0 Å². The number of nitrogens with zero attached hydrogens (tertiary/aromatic N) is 2. The smallest absolute Gasteiger partial charge is 0.362 e. The summed E-state index contributed by atoms with van der Waals surface area (Å²) < 4.78 is 8.77. The van der Waals surface area contributed by atoms with Gasteiger partial charge >= 0.3 is 30.4 Å². The highest BCUT2D eigenvalue weighted by Gasteiger charge is 2.24. The number of carboxylic acid groups (broad SMARTS) is 2. The number of hydrogen-bond donors (Lipinski definition) is 3. The van der Waals surface area contributed by atoms with Crippen molar-refractivity contribution in [2.24, 2.45) is 0 Å². The number of aliphatic hydroxyl groups is 1. The van der Waals surface area contributed by atoms with Gasteiger partial charge in [-0.25, -0.2) is 0 Å². The maximum absolute atomic E-state index is 11.5. The van der Waals surface area contributed by atoms with E-state index in [4.69, 9.17) is 10.2 Å². The average molecular weight is 320 g/mol. The van der Waals surface area contributed by atoms with Crippen LogP contribution < -0.4 is 0 Å². The number of esters is 2. The summed E-state index contributed by atoms with van der Waals surface area (Å²) in [5.74, 6) is -4.35. The number of hydrogen-bond acceptors (Lipinski definition) is 9. The minimum absolute atomic E-state index is 0.0120. The highest BCUT2D eigenvalue weighted by atomic mass is 16.8. The van der Waals surface area contributed by atoms with E-state index in [2.05, 4.69) is 9.47 Å². The van der Waals surface area contributed by atoms with Gasteiger partial charge in [0.1, 0.15) is 0 Å². The van der Waals surface area contributed by atoms with Crippen LogP contribution in [0.15, 0.2) is 0 Å². The van der Waals surface area contributed by atoms with E-state index in [-0.39, 0.29) is 13.1 Å². The lowest BCUT2D eigenvalue weighted by Gasteiger charge is -2.23. The number of cyclic esters (lactones) is 2. The third kappa shape index (κ3) is 6.97. The van der Waals surface area contributed by atoms with Crippen molar-refractivity contribution in [1.82, 2.24) is 9.80 Å². The van der Waals surface area contributed by atoms with E-state index in [0.29, 0.717) is 0 Å². The van der Waals surface area contributed by atoms with Crippen molar-refractivity contribution >= 4 is 23.9 Å². The largest absolute Gasteiger partial charge is 0.480 e. The van der Waals surface area contributed by atoms with Crippen molar-refractivity contribution in [3.8, 4) is 0 Å². The molecule has 11 heteroatoms. The van der Waals surface area contributed by atoms with Crippen LogP contribution in [0.3, 0.4) is 0 Å². The van der Waals surface area contributed by atoms with Gasteiger partial charge in [-0.15, -0.1) is 0 Å². The molecule has 0 unspecified atom stereocenters. The number of aliphatic hydroxyl groups excluding tert-OH is 1. The van der Waals surface area contributed by atoms with Crippen molar-refractivity contribution in [3.63, 3.8) is 0 Å². The summed E-state index contributed by atoms with van der Waals surface area (Å²) in [5, 5.41) is 26.8. The van der Waals surface area contributed by atoms with Crippen LogP contribution in [0.2, 0.25) is 0 Å². The Labute approximate surface area is 124 Å². The highest BCUT2D eigenvalue weighted by molar-refractivity contribution is 5.75. The maximum atomic E-state index is 11.5. The summed E-state index contributed by atoms with van der Waals surface area (Å²) in [6.45, 7) is -3.99. The summed E-state index contributed by atoms with van der Waals surface area (Å²) >= 11 is 0. The van der Waals surface area contributed by atoms with Gasteiger partial charge in [0, 0.05) is 13.1 Å². The quantitative estimate of drug-likeness (QED) is 0.458. The molecule has 0 aromatic carbocycles. The predicted molar refractivity (Wildman–Crippen MR) is 66.3 cm³/mol. The van der Waals surface area contributed by atoms with Crippen molar-refractivity contribution in [2.45, 2.75) is 6.48 Å². The molecule has 0 saturated carbocycles. The summed E-state index contributed by atoms with van der Waals surface area (Å²) in [6.07, 6.45) is 0. The summed E-state index contributed by atoms with van der Waals surface area (Å²) in [4.78, 5) is 46.8. The van der Waals surface area contributed by atoms with Gasteiger partial charge in [0.05, 0.1) is 26.2 Å². The van der Waals surface area contributed by atoms with Gasteiger partial charge in [-0.3, -0.25) is 29.0 Å². The normalized spacial score (nSPS) is 19.9. The Kier molecular flexibility index (Phi) is 6.69. The molecule has 0 aromatic rings. The second kappa shape index (κ2) is 8.26. The Morgan fingerprint density at radius 3 is 1.64 bits per heavy atom. The Balaban J connectivity index is 2.82. The van der Waals surface area contributed by atoms with Crippen molar-refractivity contribution < 1.29 is 44.0 Å². The van der Waals surface area contributed by atoms with Gasteiger partial charge in [0.2, 0.25) is 0 Å². The maximum Gasteiger partial charge on any atom is 0.362 e. The zero-order chi connectivity index (χ0) is 16.7. The first kappa shape index (κ1) is 17.8. The Hall–Kier alpha value is -2.24. The summed E-state index contributed by atoms with van der Waals surface area (Å²) in [7, 11) is 0. The van der Waals surface area contributed by atoms with Crippen LogP contribution >= 0.6 is 0 Å². The van der Waals surface area contributed by atoms with Gasteiger partial charge in [-0.05, 0) is 0 Å². The molecule has 0 aliphatic carbocycles. The molecule has 1 saturated heterocycles. The van der Waals surface area contributed by atoms with Gasteiger partial charge < -0.3 is 24.8 Å². The fourth-order valence-corrected chi connectivity index (χ4v) is 1.78. The van der Waals surface area contributed by atoms with E-state index in [1.807, 2.05) is 0 Å². The van der Waals surface area contributed by atoms with Crippen LogP contribution in [0, 0.1) is 0 Å². The Bertz CT molecular complexity index is 413. The molecule has 0 spiro atoms. The standard InChI is InChI=1S/C11H16N2O9/c14-7(15)3-12-1-2-13(4-8(16)17)6-10(19)22-11(20)21-9(18)5-12/h11,20H,1-6H2,(H,14,15)(H,16,17). The van der Waals surface area contributed by atoms with Gasteiger partial charge in [-0.2, -0.15) is 0 Å². The third-order valence-electron chi connectivity index (χ3n) is 2.62. The number of aliphatic carboxylic acids is 2. The lowest BCUT2D eigenvalue weighted by Crippen LogP contribution is -2.43. The predicted octanol–water partition coefficient (Wildman–Crippen LogP) is -2.86. The first-order chi connectivity index (χ1) is 10.3. The van der Waals surface area contributed by atoms with Gasteiger partial charge in [0.25, 0.3) is 0 Å². The number of carbonyl (C=O) groups excluding carboxylic acids is 2. The minimum Gasteiger partial charge on any atom is -0.480 e. The number of carboxylic acids is 2. The van der Waals surface area contributed by atoms with Crippen molar-refractivity contribution in [2.75, 3.05) is 39.3 Å². The van der Waals surface area contributed by atoms with E-state index in [1.54, 1.807) is 0 Å². The Morgan fingerprint density at radius 1 is 0.955 bits per heavy atom. The zero-order valence-electron chi connectivity index (χ0n) is 11.5. The van der Waals surface area contributed by atoms with Gasteiger partial charge in [0.15, 0.2) is 0 Å². The minimum atomic E-state index is -2.13. The van der Waals surface area contributed by atoms with Crippen LogP contribution in [0.1, 0.15) is 0 Å². The molecule has 1 rings (SSSR count). The molecule has 0 amide bonds.